The third-order valence-corrected chi connectivity index (χ3v) is 1.93. The van der Waals surface area contributed by atoms with Gasteiger partial charge in [-0.15, -0.1) is 11.8 Å². The minimum atomic E-state index is 0.500. The van der Waals surface area contributed by atoms with Crippen LogP contribution < -0.4 is 0 Å². The number of allylic oxidation sites excluding steroid dienone is 2. The molecule has 1 heterocycles. The van der Waals surface area contributed by atoms with E-state index in [-0.39, 0.29) is 0 Å². The first-order chi connectivity index (χ1) is 4.86. The van der Waals surface area contributed by atoms with Crippen molar-refractivity contribution in [3.8, 4) is 12.1 Å². The zero-order valence-electron chi connectivity index (χ0n) is 5.16. The van der Waals surface area contributed by atoms with E-state index in [4.69, 9.17) is 10.5 Å². The molecule has 0 bridgehead atoms. The summed E-state index contributed by atoms with van der Waals surface area (Å²) in [5.41, 5.74) is 1.34. The van der Waals surface area contributed by atoms with E-state index >= 15 is 0 Å². The van der Waals surface area contributed by atoms with Gasteiger partial charge in [-0.1, -0.05) is 0 Å². The fraction of sp³-hybridized carbons (Fsp3) is 0.143. The van der Waals surface area contributed by atoms with Crippen molar-refractivity contribution < 1.29 is 0 Å². The molecule has 0 radical (unpaired) electrons. The second-order valence-corrected chi connectivity index (χ2v) is 2.57. The van der Waals surface area contributed by atoms with Crippen LogP contribution in [0.1, 0.15) is 6.42 Å². The van der Waals surface area contributed by atoms with Gasteiger partial charge in [-0.3, -0.25) is 0 Å². The second-order valence-electron chi connectivity index (χ2n) is 1.82. The van der Waals surface area contributed by atoms with Crippen LogP contribution in [0.3, 0.4) is 0 Å². The molecule has 0 aromatic carbocycles. The lowest BCUT2D eigenvalue weighted by Crippen LogP contribution is -1.85. The summed E-state index contributed by atoms with van der Waals surface area (Å²) in [5.74, 6) is 0. The van der Waals surface area contributed by atoms with Crippen molar-refractivity contribution in [2.45, 2.75) is 6.42 Å². The number of rotatable bonds is 0. The van der Waals surface area contributed by atoms with Crippen molar-refractivity contribution in [2.24, 2.45) is 0 Å². The predicted octanol–water partition coefficient (Wildman–Crippen LogP) is 1.94. The number of thioether (sulfide) groups is 1. The Morgan fingerprint density at radius 3 is 2.10 bits per heavy atom. The summed E-state index contributed by atoms with van der Waals surface area (Å²) in [5, 5.41) is 20.4. The maximum atomic E-state index is 8.44. The molecule has 1 aliphatic rings. The lowest BCUT2D eigenvalue weighted by Gasteiger charge is -2.00. The first-order valence-electron chi connectivity index (χ1n) is 2.70. The van der Waals surface area contributed by atoms with Crippen LogP contribution in [-0.4, -0.2) is 0 Å². The monoisotopic (exact) mass is 148 g/mol. The molecule has 10 heavy (non-hydrogen) atoms. The quantitative estimate of drug-likeness (QED) is 0.527. The second kappa shape index (κ2) is 3.10. The average Bonchev–Trinajstić information content (AvgIpc) is 2.05. The first-order valence-corrected chi connectivity index (χ1v) is 3.65. The molecule has 0 saturated heterocycles. The Kier molecular flexibility index (Phi) is 2.15. The highest BCUT2D eigenvalue weighted by Gasteiger charge is 2.04. The predicted molar refractivity (Wildman–Crippen MR) is 39.6 cm³/mol. The van der Waals surface area contributed by atoms with Gasteiger partial charge in [0.15, 0.2) is 0 Å². The first kappa shape index (κ1) is 6.92. The molecule has 1 rings (SSSR count). The molecule has 0 atom stereocenters. The fourth-order valence-electron chi connectivity index (χ4n) is 0.619. The van der Waals surface area contributed by atoms with Crippen LogP contribution >= 0.6 is 11.8 Å². The Hall–Kier alpha value is -1.19. The van der Waals surface area contributed by atoms with Crippen molar-refractivity contribution in [3.05, 3.63) is 22.0 Å². The van der Waals surface area contributed by atoms with Crippen LogP contribution in [0.4, 0.5) is 0 Å². The van der Waals surface area contributed by atoms with Gasteiger partial charge >= 0.3 is 0 Å². The molecule has 0 amide bonds. The lowest BCUT2D eigenvalue weighted by molar-refractivity contribution is 1.22. The Bertz CT molecular complexity index is 247. The van der Waals surface area contributed by atoms with E-state index in [2.05, 4.69) is 0 Å². The van der Waals surface area contributed by atoms with E-state index in [1.165, 1.54) is 11.8 Å². The smallest absolute Gasteiger partial charge is 0.0956 e. The number of nitriles is 2. The van der Waals surface area contributed by atoms with Crippen molar-refractivity contribution in [1.29, 1.82) is 10.5 Å². The number of hydrogen-bond acceptors (Lipinski definition) is 3. The summed E-state index contributed by atoms with van der Waals surface area (Å²) in [6.45, 7) is 0. The molecule has 0 N–H and O–H groups in total. The molecule has 0 aromatic heterocycles. The van der Waals surface area contributed by atoms with E-state index in [9.17, 15) is 0 Å². The third-order valence-electron chi connectivity index (χ3n) is 1.09. The molecule has 2 nitrogen and oxygen atoms in total. The maximum absolute atomic E-state index is 8.44. The van der Waals surface area contributed by atoms with Gasteiger partial charge < -0.3 is 0 Å². The fourth-order valence-corrected chi connectivity index (χ4v) is 1.29. The van der Waals surface area contributed by atoms with E-state index < -0.39 is 0 Å². The molecule has 0 fully saturated rings. The summed E-state index contributed by atoms with van der Waals surface area (Å²) in [4.78, 5) is 0. The van der Waals surface area contributed by atoms with Crippen molar-refractivity contribution >= 4 is 11.8 Å². The molecule has 1 aliphatic heterocycles. The van der Waals surface area contributed by atoms with Gasteiger partial charge in [0.1, 0.15) is 0 Å². The SMILES string of the molecule is N#CC1=CSC=C(C#N)C1. The van der Waals surface area contributed by atoms with Gasteiger partial charge in [-0.05, 0) is 10.8 Å². The van der Waals surface area contributed by atoms with Crippen LogP contribution in [0.5, 0.6) is 0 Å². The van der Waals surface area contributed by atoms with Crippen LogP contribution in [-0.2, 0) is 0 Å². The van der Waals surface area contributed by atoms with Crippen molar-refractivity contribution in [3.63, 3.8) is 0 Å². The summed E-state index contributed by atoms with van der Waals surface area (Å²) >= 11 is 1.39. The molecule has 0 saturated carbocycles. The highest BCUT2D eigenvalue weighted by molar-refractivity contribution is 8.05. The van der Waals surface area contributed by atoms with E-state index in [1.54, 1.807) is 10.8 Å². The van der Waals surface area contributed by atoms with Gasteiger partial charge in [0, 0.05) is 17.6 Å². The van der Waals surface area contributed by atoms with Gasteiger partial charge in [-0.25, -0.2) is 0 Å². The average molecular weight is 148 g/mol. The summed E-state index contributed by atoms with van der Waals surface area (Å²) in [6.07, 6.45) is 0.500. The third kappa shape index (κ3) is 1.40. The van der Waals surface area contributed by atoms with Gasteiger partial charge in [0.25, 0.3) is 0 Å². The highest BCUT2D eigenvalue weighted by Crippen LogP contribution is 2.23. The van der Waals surface area contributed by atoms with Crippen molar-refractivity contribution in [1.82, 2.24) is 0 Å². The normalized spacial score (nSPS) is 16.2. The van der Waals surface area contributed by atoms with Crippen molar-refractivity contribution in [2.75, 3.05) is 0 Å². The van der Waals surface area contributed by atoms with Gasteiger partial charge in [-0.2, -0.15) is 10.5 Å². The van der Waals surface area contributed by atoms with E-state index in [0.717, 1.165) is 0 Å². The largest absolute Gasteiger partial charge is 0.193 e. The standard InChI is InChI=1S/C7H4N2S/c8-2-6-1-7(3-9)5-10-4-6/h4-5H,1H2. The van der Waals surface area contributed by atoms with E-state index in [1.807, 2.05) is 12.1 Å². The Morgan fingerprint density at radius 1 is 1.20 bits per heavy atom. The Balaban J connectivity index is 2.71. The lowest BCUT2D eigenvalue weighted by atomic mass is 10.1. The molecular formula is C7H4N2S. The minimum absolute atomic E-state index is 0.500. The molecule has 0 unspecified atom stereocenters. The van der Waals surface area contributed by atoms with Gasteiger partial charge in [0.05, 0.1) is 12.1 Å². The highest BCUT2D eigenvalue weighted by atomic mass is 32.2. The molecule has 0 aliphatic carbocycles. The Morgan fingerprint density at radius 2 is 1.70 bits per heavy atom. The van der Waals surface area contributed by atoms with Crippen LogP contribution in [0.15, 0.2) is 22.0 Å². The van der Waals surface area contributed by atoms with Crippen LogP contribution in [0.2, 0.25) is 0 Å². The minimum Gasteiger partial charge on any atom is -0.193 e. The topological polar surface area (TPSA) is 47.6 Å². The molecule has 0 aromatic rings. The molecular weight excluding hydrogens is 144 g/mol. The van der Waals surface area contributed by atoms with Gasteiger partial charge in [0.2, 0.25) is 0 Å². The summed E-state index contributed by atoms with van der Waals surface area (Å²) in [6, 6.07) is 4.03. The zero-order chi connectivity index (χ0) is 7.40. The molecule has 3 heteroatoms. The number of hydrogen-bond donors (Lipinski definition) is 0. The van der Waals surface area contributed by atoms with Crippen LogP contribution in [0, 0.1) is 22.7 Å². The number of nitrogens with zero attached hydrogens (tertiary/aromatic N) is 2. The maximum Gasteiger partial charge on any atom is 0.0956 e. The zero-order valence-corrected chi connectivity index (χ0v) is 5.98. The summed E-state index contributed by atoms with van der Waals surface area (Å²) < 4.78 is 0. The molecule has 48 valence electrons. The van der Waals surface area contributed by atoms with Crippen LogP contribution in [0.25, 0.3) is 0 Å². The molecule has 0 spiro atoms. The Labute approximate surface area is 63.5 Å². The summed E-state index contributed by atoms with van der Waals surface area (Å²) in [7, 11) is 0. The van der Waals surface area contributed by atoms with E-state index in [0.29, 0.717) is 17.6 Å².